The Morgan fingerprint density at radius 1 is 1.03 bits per heavy atom. The molecule has 15 nitrogen and oxygen atoms in total. The number of aromatic amines is 1. The quantitative estimate of drug-likeness (QED) is 0.0782. The Hall–Kier alpha value is -5.68. The summed E-state index contributed by atoms with van der Waals surface area (Å²) < 4.78 is 11.5. The fourth-order valence-corrected chi connectivity index (χ4v) is 8.95. The Morgan fingerprint density at radius 3 is 2.58 bits per heavy atom. The number of hydrogen-bond donors (Lipinski definition) is 5. The highest BCUT2D eigenvalue weighted by Gasteiger charge is 2.43. The zero-order chi connectivity index (χ0) is 41.9. The number of H-pyrrole nitrogens is 1. The molecule has 6 aromatic rings. The van der Waals surface area contributed by atoms with Crippen molar-refractivity contribution in [3.63, 3.8) is 0 Å². The van der Waals surface area contributed by atoms with Gasteiger partial charge in [-0.2, -0.15) is 0 Å². The number of rotatable bonds is 16. The first-order chi connectivity index (χ1) is 29.0. The number of aromatic hydroxyl groups is 1. The van der Waals surface area contributed by atoms with Crippen LogP contribution < -0.4 is 15.4 Å². The molecule has 2 aliphatic rings. The first-order valence-corrected chi connectivity index (χ1v) is 21.4. The number of aliphatic hydroxyl groups is 1. The SMILES string of the molecule is Cc1ncsc1-c1ccc([C@H](C)NC(=O)[C@@H]2C[C@@H](O)CN2C(=O)[C@@H](c2cc(OCCNCCN3CC(c4cc5cc(-c6ccccc6O)nnc5[nH]4)C3)no2)C(C)C)cc1. The number of nitrogens with zero attached hydrogens (tertiary/aromatic N) is 6. The first kappa shape index (κ1) is 41.1. The Bertz CT molecular complexity index is 2420. The van der Waals surface area contributed by atoms with Crippen LogP contribution in [0.4, 0.5) is 0 Å². The minimum absolute atomic E-state index is 0.0551. The molecule has 0 unspecified atom stereocenters. The van der Waals surface area contributed by atoms with Gasteiger partial charge in [-0.3, -0.25) is 9.59 Å². The third-order valence-electron chi connectivity index (χ3n) is 11.5. The number of benzene rings is 2. The van der Waals surface area contributed by atoms with Gasteiger partial charge in [0.1, 0.15) is 24.3 Å². The van der Waals surface area contributed by atoms with Gasteiger partial charge < -0.3 is 44.9 Å². The zero-order valence-corrected chi connectivity index (χ0v) is 35.0. The molecule has 0 aliphatic carbocycles. The highest BCUT2D eigenvalue weighted by molar-refractivity contribution is 7.13. The molecule has 0 bridgehead atoms. The maximum Gasteiger partial charge on any atom is 0.254 e. The number of hydrogen-bond acceptors (Lipinski definition) is 13. The Labute approximate surface area is 352 Å². The molecule has 0 spiro atoms. The van der Waals surface area contributed by atoms with E-state index in [0.717, 1.165) is 64.6 Å². The minimum atomic E-state index is -0.823. The van der Waals surface area contributed by atoms with Gasteiger partial charge in [-0.05, 0) is 60.3 Å². The molecule has 16 heteroatoms. The molecular formula is C44H51N9O6S. The number of amides is 2. The Balaban J connectivity index is 0.776. The lowest BCUT2D eigenvalue weighted by Gasteiger charge is -2.38. The van der Waals surface area contributed by atoms with Crippen LogP contribution in [0.25, 0.3) is 32.7 Å². The van der Waals surface area contributed by atoms with Gasteiger partial charge in [-0.1, -0.05) is 50.2 Å². The van der Waals surface area contributed by atoms with Crippen LogP contribution >= 0.6 is 11.3 Å². The maximum absolute atomic E-state index is 14.1. The van der Waals surface area contributed by atoms with Crippen LogP contribution in [0.5, 0.6) is 11.6 Å². The minimum Gasteiger partial charge on any atom is -0.507 e. The summed E-state index contributed by atoms with van der Waals surface area (Å²) in [5.74, 6) is -0.296. The number of β-amino-alcohol motifs (C(OH)–C–C–N with tert-alkyl or cyclic N) is 1. The molecular weight excluding hydrogens is 783 g/mol. The van der Waals surface area contributed by atoms with Crippen molar-refractivity contribution < 1.29 is 29.1 Å². The van der Waals surface area contributed by atoms with E-state index in [-0.39, 0.29) is 48.4 Å². The molecule has 2 fully saturated rings. The molecule has 0 radical (unpaired) electrons. The van der Waals surface area contributed by atoms with E-state index in [9.17, 15) is 19.8 Å². The van der Waals surface area contributed by atoms with Crippen LogP contribution in [0, 0.1) is 12.8 Å². The number of aromatic nitrogens is 5. The number of phenolic OH excluding ortho intramolecular Hbond substituents is 1. The molecule has 8 rings (SSSR count). The molecule has 2 amide bonds. The normalized spacial score (nSPS) is 18.2. The highest BCUT2D eigenvalue weighted by Crippen LogP contribution is 2.34. The summed E-state index contributed by atoms with van der Waals surface area (Å²) in [6, 6.07) is 19.7. The monoisotopic (exact) mass is 833 g/mol. The fourth-order valence-electron chi connectivity index (χ4n) is 8.14. The van der Waals surface area contributed by atoms with E-state index in [1.54, 1.807) is 29.5 Å². The predicted octanol–water partition coefficient (Wildman–Crippen LogP) is 5.40. The molecule has 5 N–H and O–H groups in total. The summed E-state index contributed by atoms with van der Waals surface area (Å²) in [7, 11) is 0. The molecule has 2 aromatic carbocycles. The smallest absolute Gasteiger partial charge is 0.254 e. The number of nitrogens with one attached hydrogen (secondary N) is 3. The van der Waals surface area contributed by atoms with Crippen LogP contribution in [0.15, 0.2) is 76.8 Å². The van der Waals surface area contributed by atoms with Crippen LogP contribution in [0.3, 0.4) is 0 Å². The second kappa shape index (κ2) is 17.9. The van der Waals surface area contributed by atoms with E-state index in [4.69, 9.17) is 9.26 Å². The van der Waals surface area contributed by atoms with E-state index < -0.39 is 18.1 Å². The number of aliphatic hydroxyl groups excluding tert-OH is 1. The van der Waals surface area contributed by atoms with Gasteiger partial charge in [-0.15, -0.1) is 21.5 Å². The van der Waals surface area contributed by atoms with Crippen LogP contribution in [0.1, 0.15) is 67.8 Å². The molecule has 4 aromatic heterocycles. The molecule has 314 valence electrons. The number of ether oxygens (including phenoxy) is 1. The van der Waals surface area contributed by atoms with Crippen molar-refractivity contribution in [3.8, 4) is 33.3 Å². The van der Waals surface area contributed by atoms with Crippen molar-refractivity contribution in [2.75, 3.05) is 45.9 Å². The molecule has 2 saturated heterocycles. The number of carbonyl (C=O) groups excluding carboxylic acids is 2. The first-order valence-electron chi connectivity index (χ1n) is 20.5. The van der Waals surface area contributed by atoms with E-state index in [1.807, 2.05) is 75.7 Å². The van der Waals surface area contributed by atoms with Crippen molar-refractivity contribution in [2.24, 2.45) is 5.92 Å². The number of fused-ring (bicyclic) bond motifs is 1. The standard InChI is InChI=1S/C44H51N9O6S/c1-25(2)40(44(57)53-23-32(54)19-36(53)43(56)47-26(3)28-9-11-29(12-10-28)41-27(4)46-24-60-41)38-20-39(51-59-38)58-16-14-45-13-15-52-21-31(22-52)34-17-30-18-35(49-50-42(30)48-34)33-7-5-6-8-37(33)55/h5-12,17-18,20,24-26,31-32,36,40,45,54-55H,13-16,19,21-23H2,1-4H3,(H,47,56)(H,48,50)/t26-,32+,36-,40+/m0/s1. The molecule has 60 heavy (non-hydrogen) atoms. The molecule has 6 heterocycles. The lowest BCUT2D eigenvalue weighted by molar-refractivity contribution is -0.141. The Kier molecular flexibility index (Phi) is 12.2. The largest absolute Gasteiger partial charge is 0.507 e. The van der Waals surface area contributed by atoms with Crippen molar-refractivity contribution >= 4 is 34.2 Å². The van der Waals surface area contributed by atoms with E-state index in [2.05, 4.69) is 46.9 Å². The average molecular weight is 834 g/mol. The average Bonchev–Trinajstić information content (AvgIpc) is 4.04. The number of carbonyl (C=O) groups is 2. The molecule has 0 saturated carbocycles. The highest BCUT2D eigenvalue weighted by atomic mass is 32.1. The van der Waals surface area contributed by atoms with Gasteiger partial charge in [-0.25, -0.2) is 4.98 Å². The topological polar surface area (TPSA) is 195 Å². The van der Waals surface area contributed by atoms with Gasteiger partial charge >= 0.3 is 0 Å². The van der Waals surface area contributed by atoms with Crippen LogP contribution in [-0.4, -0.2) is 115 Å². The van der Waals surface area contributed by atoms with Crippen molar-refractivity contribution in [2.45, 2.75) is 64.1 Å². The van der Waals surface area contributed by atoms with Crippen molar-refractivity contribution in [3.05, 3.63) is 95.0 Å². The lowest BCUT2D eigenvalue weighted by Crippen LogP contribution is -2.48. The van der Waals surface area contributed by atoms with Crippen LogP contribution in [-0.2, 0) is 9.59 Å². The maximum atomic E-state index is 14.1. The van der Waals surface area contributed by atoms with Crippen molar-refractivity contribution in [1.82, 2.24) is 45.8 Å². The van der Waals surface area contributed by atoms with Crippen molar-refractivity contribution in [1.29, 1.82) is 0 Å². The molecule has 2 aliphatic heterocycles. The van der Waals surface area contributed by atoms with Gasteiger partial charge in [0, 0.05) is 74.3 Å². The third-order valence-corrected chi connectivity index (χ3v) is 12.5. The number of phenols is 1. The second-order valence-corrected chi connectivity index (χ2v) is 17.0. The Morgan fingerprint density at radius 2 is 1.83 bits per heavy atom. The fraction of sp³-hybridized carbons (Fsp3) is 0.409. The summed E-state index contributed by atoms with van der Waals surface area (Å²) in [6.07, 6.45) is -0.669. The summed E-state index contributed by atoms with van der Waals surface area (Å²) in [4.78, 5) is 40.4. The van der Waals surface area contributed by atoms with Gasteiger partial charge in [0.2, 0.25) is 11.8 Å². The van der Waals surface area contributed by atoms with Crippen LogP contribution in [0.2, 0.25) is 0 Å². The van der Waals surface area contributed by atoms with Gasteiger partial charge in [0.25, 0.3) is 5.88 Å². The van der Waals surface area contributed by atoms with E-state index in [1.165, 1.54) is 4.90 Å². The molecule has 4 atom stereocenters. The van der Waals surface area contributed by atoms with E-state index in [0.29, 0.717) is 36.1 Å². The third kappa shape index (κ3) is 8.92. The van der Waals surface area contributed by atoms with Gasteiger partial charge in [0.15, 0.2) is 11.4 Å². The summed E-state index contributed by atoms with van der Waals surface area (Å²) in [5.41, 5.74) is 7.97. The summed E-state index contributed by atoms with van der Waals surface area (Å²) >= 11 is 1.59. The number of thiazole rings is 1. The predicted molar refractivity (Wildman–Crippen MR) is 228 cm³/mol. The number of likely N-dealkylation sites (tertiary alicyclic amines) is 2. The summed E-state index contributed by atoms with van der Waals surface area (Å²) in [5, 5.41) is 41.1. The second-order valence-electron chi connectivity index (χ2n) is 16.1. The van der Waals surface area contributed by atoms with E-state index >= 15 is 0 Å². The van der Waals surface area contributed by atoms with Gasteiger partial charge in [0.05, 0.1) is 33.9 Å². The summed E-state index contributed by atoms with van der Waals surface area (Å²) in [6.45, 7) is 12.3. The number of para-hydroxylation sites is 1. The zero-order valence-electron chi connectivity index (χ0n) is 34.2. The lowest BCUT2D eigenvalue weighted by atomic mass is 9.91. The number of aryl methyl sites for hydroxylation is 1.